The summed E-state index contributed by atoms with van der Waals surface area (Å²) in [6.07, 6.45) is 3.91. The Morgan fingerprint density at radius 3 is 2.89 bits per heavy atom. The number of carboxylic acids is 1. The monoisotopic (exact) mass is 261 g/mol. The lowest BCUT2D eigenvalue weighted by molar-refractivity contribution is -0.131. The molecule has 0 saturated heterocycles. The highest BCUT2D eigenvalue weighted by Crippen LogP contribution is 2.12. The van der Waals surface area contributed by atoms with Crippen LogP contribution in [0.2, 0.25) is 0 Å². The minimum Gasteiger partial charge on any atom is -0.482 e. The van der Waals surface area contributed by atoms with E-state index in [4.69, 9.17) is 14.3 Å². The standard InChI is InChI=1S/C12H11N3O4/c1-8-14-15-11(19-8)7-18-10-4-2-9(13-6-10)3-5-12(16)17/h2-6H,7H2,1H3,(H,16,17). The van der Waals surface area contributed by atoms with E-state index in [-0.39, 0.29) is 6.61 Å². The Morgan fingerprint density at radius 1 is 1.47 bits per heavy atom. The smallest absolute Gasteiger partial charge is 0.328 e. The molecule has 2 rings (SSSR count). The summed E-state index contributed by atoms with van der Waals surface area (Å²) in [6, 6.07) is 3.32. The van der Waals surface area contributed by atoms with Crippen molar-refractivity contribution in [1.82, 2.24) is 15.2 Å². The Kier molecular flexibility index (Phi) is 3.87. The highest BCUT2D eigenvalue weighted by molar-refractivity contribution is 5.84. The SMILES string of the molecule is Cc1nnc(COc2ccc(C=CC(=O)O)nc2)o1. The van der Waals surface area contributed by atoms with Crippen LogP contribution in [0.4, 0.5) is 0 Å². The van der Waals surface area contributed by atoms with Gasteiger partial charge in [-0.25, -0.2) is 4.79 Å². The van der Waals surface area contributed by atoms with Gasteiger partial charge < -0.3 is 14.3 Å². The third-order valence-electron chi connectivity index (χ3n) is 2.09. The third kappa shape index (κ3) is 3.91. The lowest BCUT2D eigenvalue weighted by atomic mass is 10.3. The van der Waals surface area contributed by atoms with Crippen LogP contribution in [0.1, 0.15) is 17.5 Å². The highest BCUT2D eigenvalue weighted by atomic mass is 16.5. The summed E-state index contributed by atoms with van der Waals surface area (Å²) < 4.78 is 10.5. The molecule has 0 aliphatic rings. The zero-order valence-corrected chi connectivity index (χ0v) is 10.1. The number of ether oxygens (including phenoxy) is 1. The molecule has 7 heteroatoms. The van der Waals surface area contributed by atoms with Gasteiger partial charge in [0.25, 0.3) is 5.89 Å². The van der Waals surface area contributed by atoms with Gasteiger partial charge >= 0.3 is 5.97 Å². The third-order valence-corrected chi connectivity index (χ3v) is 2.09. The predicted octanol–water partition coefficient (Wildman–Crippen LogP) is 1.45. The van der Waals surface area contributed by atoms with Crippen LogP contribution in [0, 0.1) is 6.92 Å². The Morgan fingerprint density at radius 2 is 2.32 bits per heavy atom. The van der Waals surface area contributed by atoms with Gasteiger partial charge in [0.1, 0.15) is 5.75 Å². The second-order valence-electron chi connectivity index (χ2n) is 3.59. The van der Waals surface area contributed by atoms with Gasteiger partial charge in [-0.3, -0.25) is 4.98 Å². The van der Waals surface area contributed by atoms with E-state index < -0.39 is 5.97 Å². The first-order valence-corrected chi connectivity index (χ1v) is 5.42. The Bertz CT molecular complexity index is 589. The number of carboxylic acid groups (broad SMARTS) is 1. The quantitative estimate of drug-likeness (QED) is 0.813. The molecule has 2 aromatic rings. The van der Waals surface area contributed by atoms with Crippen LogP contribution in [0.25, 0.3) is 6.08 Å². The van der Waals surface area contributed by atoms with Gasteiger partial charge in [0.05, 0.1) is 11.9 Å². The number of aliphatic carboxylic acids is 1. The van der Waals surface area contributed by atoms with Gasteiger partial charge in [-0.1, -0.05) is 0 Å². The molecule has 0 aliphatic heterocycles. The lowest BCUT2D eigenvalue weighted by Gasteiger charge is -2.02. The van der Waals surface area contributed by atoms with Crippen molar-refractivity contribution in [3.63, 3.8) is 0 Å². The van der Waals surface area contributed by atoms with Crippen molar-refractivity contribution in [2.45, 2.75) is 13.5 Å². The van der Waals surface area contributed by atoms with Crippen molar-refractivity contribution in [3.05, 3.63) is 41.9 Å². The molecule has 0 fully saturated rings. The Balaban J connectivity index is 1.93. The molecule has 0 radical (unpaired) electrons. The van der Waals surface area contributed by atoms with Crippen molar-refractivity contribution < 1.29 is 19.1 Å². The normalized spacial score (nSPS) is 10.8. The fraction of sp³-hybridized carbons (Fsp3) is 0.167. The maximum atomic E-state index is 10.3. The van der Waals surface area contributed by atoms with E-state index in [1.165, 1.54) is 12.3 Å². The molecule has 98 valence electrons. The summed E-state index contributed by atoms with van der Waals surface area (Å²) in [5, 5.41) is 15.9. The molecule has 2 aromatic heterocycles. The summed E-state index contributed by atoms with van der Waals surface area (Å²) >= 11 is 0. The van der Waals surface area contributed by atoms with Gasteiger partial charge in [0.2, 0.25) is 5.89 Å². The molecule has 7 nitrogen and oxygen atoms in total. The zero-order valence-electron chi connectivity index (χ0n) is 10.1. The highest BCUT2D eigenvalue weighted by Gasteiger charge is 2.03. The molecule has 0 spiro atoms. The molecule has 0 aromatic carbocycles. The first kappa shape index (κ1) is 12.7. The first-order valence-electron chi connectivity index (χ1n) is 5.42. The van der Waals surface area contributed by atoms with E-state index >= 15 is 0 Å². The van der Waals surface area contributed by atoms with Crippen LogP contribution in [-0.2, 0) is 11.4 Å². The van der Waals surface area contributed by atoms with E-state index in [0.29, 0.717) is 23.2 Å². The predicted molar refractivity (Wildman–Crippen MR) is 64.3 cm³/mol. The number of nitrogens with zero attached hydrogens (tertiary/aromatic N) is 3. The molecule has 2 heterocycles. The van der Waals surface area contributed by atoms with Crippen molar-refractivity contribution >= 4 is 12.0 Å². The largest absolute Gasteiger partial charge is 0.482 e. The first-order chi connectivity index (χ1) is 9.13. The Labute approximate surface area is 108 Å². The van der Waals surface area contributed by atoms with Crippen molar-refractivity contribution in [3.8, 4) is 5.75 Å². The maximum Gasteiger partial charge on any atom is 0.328 e. The average molecular weight is 261 g/mol. The van der Waals surface area contributed by atoms with Gasteiger partial charge in [0.15, 0.2) is 6.61 Å². The molecule has 0 amide bonds. The zero-order chi connectivity index (χ0) is 13.7. The van der Waals surface area contributed by atoms with Crippen LogP contribution in [0.3, 0.4) is 0 Å². The molecule has 19 heavy (non-hydrogen) atoms. The summed E-state index contributed by atoms with van der Waals surface area (Å²) in [5.74, 6) is 0.371. The van der Waals surface area contributed by atoms with Crippen molar-refractivity contribution in [2.75, 3.05) is 0 Å². The van der Waals surface area contributed by atoms with E-state index in [1.807, 2.05) is 0 Å². The van der Waals surface area contributed by atoms with Gasteiger partial charge in [-0.05, 0) is 18.2 Å². The van der Waals surface area contributed by atoms with Crippen LogP contribution < -0.4 is 4.74 Å². The number of pyridine rings is 1. The molecule has 0 bridgehead atoms. The number of hydrogen-bond acceptors (Lipinski definition) is 6. The molecule has 0 unspecified atom stereocenters. The van der Waals surface area contributed by atoms with Crippen LogP contribution in [0.5, 0.6) is 5.75 Å². The number of aryl methyl sites for hydroxylation is 1. The topological polar surface area (TPSA) is 98.3 Å². The fourth-order valence-corrected chi connectivity index (χ4v) is 1.27. The lowest BCUT2D eigenvalue weighted by Crippen LogP contribution is -1.96. The molecule has 1 N–H and O–H groups in total. The number of rotatable bonds is 5. The summed E-state index contributed by atoms with van der Waals surface area (Å²) in [4.78, 5) is 14.4. The number of carbonyl (C=O) groups is 1. The van der Waals surface area contributed by atoms with E-state index in [1.54, 1.807) is 19.1 Å². The van der Waals surface area contributed by atoms with Gasteiger partial charge in [-0.2, -0.15) is 0 Å². The van der Waals surface area contributed by atoms with Gasteiger partial charge in [-0.15, -0.1) is 10.2 Å². The molecule has 0 atom stereocenters. The second-order valence-corrected chi connectivity index (χ2v) is 3.59. The van der Waals surface area contributed by atoms with Crippen molar-refractivity contribution in [1.29, 1.82) is 0 Å². The second kappa shape index (κ2) is 5.76. The number of aromatic nitrogens is 3. The minimum absolute atomic E-state index is 0.160. The van der Waals surface area contributed by atoms with Crippen molar-refractivity contribution in [2.24, 2.45) is 0 Å². The molecular formula is C12H11N3O4. The van der Waals surface area contributed by atoms with Gasteiger partial charge in [0, 0.05) is 13.0 Å². The average Bonchev–Trinajstić information content (AvgIpc) is 2.81. The maximum absolute atomic E-state index is 10.3. The molecule has 0 aliphatic carbocycles. The van der Waals surface area contributed by atoms with E-state index in [2.05, 4.69) is 15.2 Å². The molecular weight excluding hydrogens is 250 g/mol. The summed E-state index contributed by atoms with van der Waals surface area (Å²) in [5.41, 5.74) is 0.531. The van der Waals surface area contributed by atoms with Crippen LogP contribution >= 0.6 is 0 Å². The number of hydrogen-bond donors (Lipinski definition) is 1. The van der Waals surface area contributed by atoms with E-state index in [0.717, 1.165) is 6.08 Å². The van der Waals surface area contributed by atoms with Crippen LogP contribution in [0.15, 0.2) is 28.8 Å². The Hall–Kier alpha value is -2.70. The van der Waals surface area contributed by atoms with E-state index in [9.17, 15) is 4.79 Å². The fourth-order valence-electron chi connectivity index (χ4n) is 1.27. The molecule has 0 saturated carbocycles. The minimum atomic E-state index is -1.02. The van der Waals surface area contributed by atoms with Crippen LogP contribution in [-0.4, -0.2) is 26.3 Å². The summed E-state index contributed by atoms with van der Waals surface area (Å²) in [7, 11) is 0. The summed E-state index contributed by atoms with van der Waals surface area (Å²) in [6.45, 7) is 1.86.